The van der Waals surface area contributed by atoms with Crippen LogP contribution >= 0.6 is 0 Å². The average Bonchev–Trinajstić information content (AvgIpc) is 3.03. The van der Waals surface area contributed by atoms with Crippen LogP contribution in [0.25, 0.3) is 0 Å². The fraction of sp³-hybridized carbons (Fsp3) is 0.838. The summed E-state index contributed by atoms with van der Waals surface area (Å²) in [6.07, 6.45) is 7.76. The molecule has 1 aliphatic rings. The molecule has 1 fully saturated rings. The smallest absolute Gasteiger partial charge is 0.308 e. The molecule has 46 heavy (non-hydrogen) atoms. The van der Waals surface area contributed by atoms with Gasteiger partial charge in [-0.15, -0.1) is 0 Å². The molecule has 1 rings (SSSR count). The zero-order chi connectivity index (χ0) is 35.0. The van der Waals surface area contributed by atoms with Gasteiger partial charge in [-0.05, 0) is 88.5 Å². The summed E-state index contributed by atoms with van der Waals surface area (Å²) in [5, 5.41) is 32.2. The van der Waals surface area contributed by atoms with E-state index < -0.39 is 36.4 Å². The standard InChI is InChI=1S/C37H66O9/c1-11-12-29(30(38)15-13-25(4)35(40)26(5)20-28-14-16-31(39)32(22-28)43-7)18-23(2)17-24(3)19-33(44-8)36(41)34(45-9)21-27(6)37(42)46-10/h18,20,24-25,27-29,31-36,39-41H,11-17,19,21-22H2,1-10H3. The molecular weight excluding hydrogens is 588 g/mol. The number of ether oxygens (including phenoxy) is 4. The molecule has 268 valence electrons. The highest BCUT2D eigenvalue weighted by Gasteiger charge is 2.32. The van der Waals surface area contributed by atoms with E-state index in [2.05, 4.69) is 32.9 Å². The van der Waals surface area contributed by atoms with Gasteiger partial charge in [0.1, 0.15) is 11.9 Å². The third-order valence-electron chi connectivity index (χ3n) is 9.81. The summed E-state index contributed by atoms with van der Waals surface area (Å²) in [5.74, 6) is -0.328. The fourth-order valence-corrected chi connectivity index (χ4v) is 6.91. The minimum Gasteiger partial charge on any atom is -0.469 e. The zero-order valence-electron chi connectivity index (χ0n) is 30.4. The lowest BCUT2D eigenvalue weighted by molar-refractivity contribution is -0.148. The van der Waals surface area contributed by atoms with E-state index in [1.807, 2.05) is 13.8 Å². The van der Waals surface area contributed by atoms with Crippen molar-refractivity contribution < 1.29 is 43.9 Å². The lowest BCUT2D eigenvalue weighted by Gasteiger charge is -2.31. The monoisotopic (exact) mass is 654 g/mol. The van der Waals surface area contributed by atoms with Crippen molar-refractivity contribution in [2.24, 2.45) is 29.6 Å². The molecule has 0 spiro atoms. The van der Waals surface area contributed by atoms with Crippen molar-refractivity contribution in [2.75, 3.05) is 28.4 Å². The highest BCUT2D eigenvalue weighted by Crippen LogP contribution is 2.30. The molecule has 9 heteroatoms. The van der Waals surface area contributed by atoms with Crippen molar-refractivity contribution in [2.45, 2.75) is 142 Å². The molecule has 0 saturated heterocycles. The van der Waals surface area contributed by atoms with Crippen LogP contribution in [0.3, 0.4) is 0 Å². The molecular formula is C37H66O9. The molecule has 0 aromatic heterocycles. The van der Waals surface area contributed by atoms with Gasteiger partial charge in [-0.25, -0.2) is 0 Å². The van der Waals surface area contributed by atoms with Crippen LogP contribution in [-0.4, -0.2) is 92.1 Å². The van der Waals surface area contributed by atoms with Crippen molar-refractivity contribution in [3.63, 3.8) is 0 Å². The molecule has 0 aromatic carbocycles. The maximum Gasteiger partial charge on any atom is 0.308 e. The van der Waals surface area contributed by atoms with Crippen LogP contribution in [-0.2, 0) is 28.5 Å². The van der Waals surface area contributed by atoms with E-state index >= 15 is 0 Å². The van der Waals surface area contributed by atoms with Crippen LogP contribution < -0.4 is 0 Å². The predicted octanol–water partition coefficient (Wildman–Crippen LogP) is 5.82. The van der Waals surface area contributed by atoms with Crippen LogP contribution in [0, 0.1) is 29.6 Å². The summed E-state index contributed by atoms with van der Waals surface area (Å²) in [6.45, 7) is 12.0. The summed E-state index contributed by atoms with van der Waals surface area (Å²) in [6, 6.07) is 0. The maximum atomic E-state index is 13.4. The molecule has 1 aliphatic carbocycles. The van der Waals surface area contributed by atoms with E-state index in [0.717, 1.165) is 43.3 Å². The number of Topliss-reactive ketones (excluding diaryl/α,β-unsaturated/α-hetero) is 1. The number of ketones is 1. The Kier molecular flexibility index (Phi) is 20.4. The zero-order valence-corrected chi connectivity index (χ0v) is 30.4. The van der Waals surface area contributed by atoms with Crippen LogP contribution in [0.4, 0.5) is 0 Å². The Bertz CT molecular complexity index is 947. The normalized spacial score (nSPS) is 24.8. The van der Waals surface area contributed by atoms with Crippen LogP contribution in [0.5, 0.6) is 0 Å². The second-order valence-corrected chi connectivity index (χ2v) is 13.9. The molecule has 0 heterocycles. The molecule has 11 unspecified atom stereocenters. The SMILES string of the molecule is CCCC(C=C(C)CC(C)CC(OC)C(O)C(CC(C)C(=O)OC)OC)C(=O)CCC(C)C(O)C(C)=CC1CCC(O)C(OC)C1. The number of hydrogen-bond acceptors (Lipinski definition) is 9. The largest absolute Gasteiger partial charge is 0.469 e. The summed E-state index contributed by atoms with van der Waals surface area (Å²) < 4.78 is 21.4. The first-order chi connectivity index (χ1) is 21.7. The minimum atomic E-state index is -0.906. The number of aliphatic hydroxyl groups excluding tert-OH is 3. The quantitative estimate of drug-likeness (QED) is 0.0976. The number of hydrogen-bond donors (Lipinski definition) is 3. The maximum absolute atomic E-state index is 13.4. The predicted molar refractivity (Wildman–Crippen MR) is 181 cm³/mol. The van der Waals surface area contributed by atoms with E-state index in [-0.39, 0.29) is 41.5 Å². The average molecular weight is 655 g/mol. The number of esters is 1. The molecule has 11 atom stereocenters. The molecule has 0 aliphatic heterocycles. The van der Waals surface area contributed by atoms with Crippen LogP contribution in [0.1, 0.15) is 106 Å². The van der Waals surface area contributed by atoms with Gasteiger partial charge in [-0.2, -0.15) is 0 Å². The van der Waals surface area contributed by atoms with Crippen LogP contribution in [0.15, 0.2) is 23.3 Å². The van der Waals surface area contributed by atoms with E-state index in [4.69, 9.17) is 18.9 Å². The molecule has 0 amide bonds. The van der Waals surface area contributed by atoms with Gasteiger partial charge < -0.3 is 34.3 Å². The summed E-state index contributed by atoms with van der Waals surface area (Å²) in [5.41, 5.74) is 2.05. The topological polar surface area (TPSA) is 132 Å². The first kappa shape index (κ1) is 42.4. The number of carbonyl (C=O) groups is 2. The Morgan fingerprint density at radius 2 is 1.57 bits per heavy atom. The summed E-state index contributed by atoms with van der Waals surface area (Å²) in [4.78, 5) is 25.3. The Balaban J connectivity index is 2.75. The van der Waals surface area contributed by atoms with Gasteiger partial charge in [0.05, 0.1) is 43.5 Å². The van der Waals surface area contributed by atoms with Gasteiger partial charge >= 0.3 is 5.97 Å². The Labute approximate surface area is 279 Å². The van der Waals surface area contributed by atoms with Gasteiger partial charge in [0.2, 0.25) is 0 Å². The molecule has 1 saturated carbocycles. The summed E-state index contributed by atoms with van der Waals surface area (Å²) in [7, 11) is 6.07. The first-order valence-corrected chi connectivity index (χ1v) is 17.3. The van der Waals surface area contributed by atoms with Crippen molar-refractivity contribution in [3.05, 3.63) is 23.3 Å². The van der Waals surface area contributed by atoms with Crippen molar-refractivity contribution >= 4 is 11.8 Å². The molecule has 0 bridgehead atoms. The number of rotatable bonds is 22. The fourth-order valence-electron chi connectivity index (χ4n) is 6.91. The van der Waals surface area contributed by atoms with Crippen molar-refractivity contribution in [3.8, 4) is 0 Å². The second-order valence-electron chi connectivity index (χ2n) is 13.9. The lowest BCUT2D eigenvalue weighted by Crippen LogP contribution is -2.42. The van der Waals surface area contributed by atoms with E-state index in [0.29, 0.717) is 32.1 Å². The number of carbonyl (C=O) groups excluding carboxylic acids is 2. The third kappa shape index (κ3) is 14.2. The van der Waals surface area contributed by atoms with E-state index in [1.165, 1.54) is 14.2 Å². The van der Waals surface area contributed by atoms with Gasteiger partial charge in [0, 0.05) is 33.7 Å². The number of methoxy groups -OCH3 is 4. The van der Waals surface area contributed by atoms with E-state index in [9.17, 15) is 24.9 Å². The number of aliphatic hydroxyl groups is 3. The highest BCUT2D eigenvalue weighted by atomic mass is 16.5. The van der Waals surface area contributed by atoms with Crippen molar-refractivity contribution in [1.29, 1.82) is 0 Å². The van der Waals surface area contributed by atoms with Gasteiger partial charge in [-0.1, -0.05) is 51.8 Å². The summed E-state index contributed by atoms with van der Waals surface area (Å²) >= 11 is 0. The van der Waals surface area contributed by atoms with Gasteiger partial charge in [0.15, 0.2) is 0 Å². The molecule has 0 aromatic rings. The first-order valence-electron chi connectivity index (χ1n) is 17.3. The van der Waals surface area contributed by atoms with E-state index in [1.54, 1.807) is 21.1 Å². The van der Waals surface area contributed by atoms with Crippen molar-refractivity contribution in [1.82, 2.24) is 0 Å². The molecule has 9 nitrogen and oxygen atoms in total. The third-order valence-corrected chi connectivity index (χ3v) is 9.81. The van der Waals surface area contributed by atoms with Gasteiger partial charge in [0.25, 0.3) is 0 Å². The second kappa shape index (κ2) is 22.1. The highest BCUT2D eigenvalue weighted by molar-refractivity contribution is 5.82. The number of allylic oxidation sites excluding steroid dienone is 3. The lowest BCUT2D eigenvalue weighted by atomic mass is 9.82. The Morgan fingerprint density at radius 3 is 2.13 bits per heavy atom. The van der Waals surface area contributed by atoms with Crippen LogP contribution in [0.2, 0.25) is 0 Å². The minimum absolute atomic E-state index is 0.0519. The molecule has 0 radical (unpaired) electrons. The molecule has 3 N–H and O–H groups in total. The van der Waals surface area contributed by atoms with Gasteiger partial charge in [-0.3, -0.25) is 9.59 Å². The Morgan fingerprint density at radius 1 is 0.935 bits per heavy atom. The Hall–Kier alpha value is -1.62.